The summed E-state index contributed by atoms with van der Waals surface area (Å²) in [6, 6.07) is 15.4. The van der Waals surface area contributed by atoms with Crippen LogP contribution in [-0.4, -0.2) is 38.4 Å². The summed E-state index contributed by atoms with van der Waals surface area (Å²) in [5.41, 5.74) is 1.99. The zero-order chi connectivity index (χ0) is 20.8. The highest BCUT2D eigenvalue weighted by molar-refractivity contribution is 9.10. The SMILES string of the molecule is C=CCn1c(SCC(=O)N(C)Cc2ccc(Br)cc2)nnc1-c1ccc(Cl)cc1. The van der Waals surface area contributed by atoms with E-state index in [0.717, 1.165) is 21.4 Å². The molecule has 150 valence electrons. The number of carbonyl (C=O) groups excluding carboxylic acids is 1. The molecule has 0 unspecified atom stereocenters. The number of benzene rings is 2. The van der Waals surface area contributed by atoms with Crippen LogP contribution >= 0.6 is 39.3 Å². The van der Waals surface area contributed by atoms with Crippen LogP contribution in [0.15, 0.2) is 70.8 Å². The van der Waals surface area contributed by atoms with Crippen molar-refractivity contribution >= 4 is 45.2 Å². The Labute approximate surface area is 187 Å². The smallest absolute Gasteiger partial charge is 0.233 e. The van der Waals surface area contributed by atoms with Gasteiger partial charge in [-0.05, 0) is 42.0 Å². The Bertz CT molecular complexity index is 989. The Morgan fingerprint density at radius 3 is 2.55 bits per heavy atom. The molecule has 1 amide bonds. The third kappa shape index (κ3) is 5.72. The molecule has 0 atom stereocenters. The van der Waals surface area contributed by atoms with Gasteiger partial charge in [0.25, 0.3) is 0 Å². The Morgan fingerprint density at radius 2 is 1.90 bits per heavy atom. The molecule has 0 aliphatic rings. The number of amides is 1. The summed E-state index contributed by atoms with van der Waals surface area (Å²) in [7, 11) is 1.80. The minimum absolute atomic E-state index is 0.0270. The van der Waals surface area contributed by atoms with Crippen LogP contribution in [-0.2, 0) is 17.9 Å². The maximum atomic E-state index is 12.6. The minimum Gasteiger partial charge on any atom is -0.341 e. The van der Waals surface area contributed by atoms with Gasteiger partial charge in [-0.3, -0.25) is 9.36 Å². The first kappa shape index (κ1) is 21.6. The van der Waals surface area contributed by atoms with Crippen molar-refractivity contribution in [1.82, 2.24) is 19.7 Å². The lowest BCUT2D eigenvalue weighted by Crippen LogP contribution is -2.27. The molecule has 2 aromatic carbocycles. The molecule has 0 saturated heterocycles. The first-order valence-electron chi connectivity index (χ1n) is 8.89. The lowest BCUT2D eigenvalue weighted by molar-refractivity contribution is -0.127. The minimum atomic E-state index is 0.0270. The molecule has 3 rings (SSSR count). The first-order chi connectivity index (χ1) is 14.0. The first-order valence-corrected chi connectivity index (χ1v) is 11.0. The predicted octanol–water partition coefficient (Wildman–Crippen LogP) is 5.30. The molecule has 0 radical (unpaired) electrons. The van der Waals surface area contributed by atoms with Gasteiger partial charge in [-0.1, -0.05) is 57.5 Å². The van der Waals surface area contributed by atoms with Gasteiger partial charge in [-0.15, -0.1) is 16.8 Å². The van der Waals surface area contributed by atoms with Gasteiger partial charge < -0.3 is 4.90 Å². The lowest BCUT2D eigenvalue weighted by Gasteiger charge is -2.17. The van der Waals surface area contributed by atoms with Crippen molar-refractivity contribution in [2.75, 3.05) is 12.8 Å². The van der Waals surface area contributed by atoms with E-state index in [2.05, 4.69) is 32.7 Å². The Hall–Kier alpha value is -2.09. The highest BCUT2D eigenvalue weighted by Crippen LogP contribution is 2.25. The summed E-state index contributed by atoms with van der Waals surface area (Å²) in [6.07, 6.45) is 1.79. The number of rotatable bonds is 8. The maximum absolute atomic E-state index is 12.6. The van der Waals surface area contributed by atoms with Crippen molar-refractivity contribution in [3.05, 3.63) is 76.2 Å². The van der Waals surface area contributed by atoms with Crippen molar-refractivity contribution in [3.8, 4) is 11.4 Å². The van der Waals surface area contributed by atoms with Crippen molar-refractivity contribution in [3.63, 3.8) is 0 Å². The fourth-order valence-electron chi connectivity index (χ4n) is 2.69. The van der Waals surface area contributed by atoms with Gasteiger partial charge in [0, 0.05) is 35.2 Å². The average Bonchev–Trinajstić information content (AvgIpc) is 3.11. The third-order valence-corrected chi connectivity index (χ3v) is 5.95. The molecular formula is C21H20BrClN4OS. The van der Waals surface area contributed by atoms with E-state index in [1.807, 2.05) is 53.1 Å². The molecule has 3 aromatic rings. The molecule has 0 bridgehead atoms. The average molecular weight is 492 g/mol. The standard InChI is InChI=1S/C21H20BrClN4OS/c1-3-12-27-20(16-6-10-18(23)11-7-16)24-25-21(27)29-14-19(28)26(2)13-15-4-8-17(22)9-5-15/h3-11H,1,12-14H2,2H3. The normalized spacial score (nSPS) is 10.7. The van der Waals surface area contributed by atoms with Crippen LogP contribution in [0.1, 0.15) is 5.56 Å². The summed E-state index contributed by atoms with van der Waals surface area (Å²) >= 11 is 10.8. The highest BCUT2D eigenvalue weighted by atomic mass is 79.9. The highest BCUT2D eigenvalue weighted by Gasteiger charge is 2.16. The van der Waals surface area contributed by atoms with Crippen LogP contribution in [0.4, 0.5) is 0 Å². The summed E-state index contributed by atoms with van der Waals surface area (Å²) in [4.78, 5) is 14.3. The van der Waals surface area contributed by atoms with Gasteiger partial charge in [0.05, 0.1) is 5.75 Å². The summed E-state index contributed by atoms with van der Waals surface area (Å²) in [5, 5.41) is 9.93. The Balaban J connectivity index is 1.67. The lowest BCUT2D eigenvalue weighted by atomic mass is 10.2. The largest absolute Gasteiger partial charge is 0.341 e. The van der Waals surface area contributed by atoms with Gasteiger partial charge in [0.1, 0.15) is 0 Å². The number of allylic oxidation sites excluding steroid dienone is 1. The second-order valence-corrected chi connectivity index (χ2v) is 8.67. The van der Waals surface area contributed by atoms with E-state index in [0.29, 0.717) is 23.3 Å². The number of hydrogen-bond donors (Lipinski definition) is 0. The van der Waals surface area contributed by atoms with E-state index in [-0.39, 0.29) is 11.7 Å². The number of carbonyl (C=O) groups is 1. The molecule has 0 aliphatic heterocycles. The zero-order valence-electron chi connectivity index (χ0n) is 15.9. The number of thioether (sulfide) groups is 1. The van der Waals surface area contributed by atoms with E-state index < -0.39 is 0 Å². The van der Waals surface area contributed by atoms with Crippen LogP contribution in [0.25, 0.3) is 11.4 Å². The summed E-state index contributed by atoms with van der Waals surface area (Å²) < 4.78 is 2.96. The molecule has 29 heavy (non-hydrogen) atoms. The molecule has 1 aromatic heterocycles. The monoisotopic (exact) mass is 490 g/mol. The molecule has 0 fully saturated rings. The number of aromatic nitrogens is 3. The molecule has 8 heteroatoms. The van der Waals surface area contributed by atoms with Gasteiger partial charge in [-0.25, -0.2) is 0 Å². The quantitative estimate of drug-likeness (QED) is 0.317. The maximum Gasteiger partial charge on any atom is 0.233 e. The second-order valence-electron chi connectivity index (χ2n) is 6.38. The van der Waals surface area contributed by atoms with Crippen LogP contribution in [0.5, 0.6) is 0 Å². The molecule has 0 spiro atoms. The Kier molecular flexibility index (Phi) is 7.52. The number of hydrogen-bond acceptors (Lipinski definition) is 4. The van der Waals surface area contributed by atoms with E-state index >= 15 is 0 Å². The second kappa shape index (κ2) is 10.1. The van der Waals surface area contributed by atoms with Crippen molar-refractivity contribution in [1.29, 1.82) is 0 Å². The fraction of sp³-hybridized carbons (Fsp3) is 0.190. The van der Waals surface area contributed by atoms with Gasteiger partial charge in [0.15, 0.2) is 11.0 Å². The van der Waals surface area contributed by atoms with Crippen LogP contribution < -0.4 is 0 Å². The van der Waals surface area contributed by atoms with Crippen LogP contribution in [0.3, 0.4) is 0 Å². The summed E-state index contributed by atoms with van der Waals surface area (Å²) in [6.45, 7) is 4.93. The molecule has 0 saturated carbocycles. The number of halogens is 2. The zero-order valence-corrected chi connectivity index (χ0v) is 19.0. The van der Waals surface area contributed by atoms with Crippen molar-refractivity contribution in [2.24, 2.45) is 0 Å². The molecule has 1 heterocycles. The summed E-state index contributed by atoms with van der Waals surface area (Å²) in [5.74, 6) is 1.03. The van der Waals surface area contributed by atoms with Gasteiger partial charge >= 0.3 is 0 Å². The molecule has 0 N–H and O–H groups in total. The molecular weight excluding hydrogens is 472 g/mol. The van der Waals surface area contributed by atoms with Crippen molar-refractivity contribution in [2.45, 2.75) is 18.2 Å². The van der Waals surface area contributed by atoms with Crippen LogP contribution in [0.2, 0.25) is 5.02 Å². The van der Waals surface area contributed by atoms with E-state index in [4.69, 9.17) is 11.6 Å². The number of nitrogens with zero attached hydrogens (tertiary/aromatic N) is 4. The molecule has 5 nitrogen and oxygen atoms in total. The van der Waals surface area contributed by atoms with Gasteiger partial charge in [0.2, 0.25) is 5.91 Å². The van der Waals surface area contributed by atoms with E-state index in [1.165, 1.54) is 11.8 Å². The topological polar surface area (TPSA) is 51.0 Å². The predicted molar refractivity (Wildman–Crippen MR) is 122 cm³/mol. The fourth-order valence-corrected chi connectivity index (χ4v) is 3.97. The van der Waals surface area contributed by atoms with Crippen molar-refractivity contribution < 1.29 is 4.79 Å². The van der Waals surface area contributed by atoms with Gasteiger partial charge in [-0.2, -0.15) is 0 Å². The Morgan fingerprint density at radius 1 is 1.21 bits per heavy atom. The van der Waals surface area contributed by atoms with Crippen LogP contribution in [0, 0.1) is 0 Å². The van der Waals surface area contributed by atoms with E-state index in [1.54, 1.807) is 18.0 Å². The van der Waals surface area contributed by atoms with E-state index in [9.17, 15) is 4.79 Å². The molecule has 0 aliphatic carbocycles. The third-order valence-electron chi connectivity index (χ3n) is 4.21.